The standard InChI is InChI=1S/C8H16N2O4/c1-2-5(11)4-10-6(8(13)14)3-7(9)12/h5-6,10-11H,2-4H2,1H3,(H2,9,12)(H,13,14). The molecule has 14 heavy (non-hydrogen) atoms. The van der Waals surface area contributed by atoms with E-state index in [1.807, 2.05) is 0 Å². The second-order valence-electron chi connectivity index (χ2n) is 3.03. The van der Waals surface area contributed by atoms with Gasteiger partial charge in [0, 0.05) is 6.54 Å². The topological polar surface area (TPSA) is 113 Å². The predicted octanol–water partition coefficient (Wildman–Crippen LogP) is -1.32. The minimum atomic E-state index is -1.15. The third-order valence-electron chi connectivity index (χ3n) is 1.77. The van der Waals surface area contributed by atoms with E-state index in [0.717, 1.165) is 0 Å². The van der Waals surface area contributed by atoms with E-state index in [-0.39, 0.29) is 13.0 Å². The summed E-state index contributed by atoms with van der Waals surface area (Å²) in [6.07, 6.45) is -0.355. The van der Waals surface area contributed by atoms with Crippen LogP contribution in [0.15, 0.2) is 0 Å². The molecule has 0 bridgehead atoms. The third-order valence-corrected chi connectivity index (χ3v) is 1.77. The fourth-order valence-corrected chi connectivity index (χ4v) is 0.871. The Kier molecular flexibility index (Phi) is 5.82. The number of carboxylic acid groups (broad SMARTS) is 1. The van der Waals surface area contributed by atoms with Gasteiger partial charge in [-0.1, -0.05) is 6.92 Å². The number of carbonyl (C=O) groups is 2. The Hall–Kier alpha value is -1.14. The number of hydrogen-bond donors (Lipinski definition) is 4. The van der Waals surface area contributed by atoms with Crippen molar-refractivity contribution in [1.29, 1.82) is 0 Å². The first kappa shape index (κ1) is 12.9. The lowest BCUT2D eigenvalue weighted by molar-refractivity contribution is -0.141. The first-order valence-electron chi connectivity index (χ1n) is 4.40. The summed E-state index contributed by atoms with van der Waals surface area (Å²) in [5.41, 5.74) is 4.87. The molecule has 0 radical (unpaired) electrons. The number of carboxylic acids is 1. The summed E-state index contributed by atoms with van der Waals surface area (Å²) < 4.78 is 0. The normalized spacial score (nSPS) is 14.7. The molecule has 6 nitrogen and oxygen atoms in total. The van der Waals surface area contributed by atoms with Crippen LogP contribution in [0.5, 0.6) is 0 Å². The van der Waals surface area contributed by atoms with Crippen molar-refractivity contribution in [3.05, 3.63) is 0 Å². The van der Waals surface area contributed by atoms with E-state index in [4.69, 9.17) is 15.9 Å². The van der Waals surface area contributed by atoms with Crippen LogP contribution < -0.4 is 11.1 Å². The van der Waals surface area contributed by atoms with Crippen molar-refractivity contribution >= 4 is 11.9 Å². The summed E-state index contributed by atoms with van der Waals surface area (Å²) in [6.45, 7) is 1.91. The molecule has 0 rings (SSSR count). The molecule has 0 aromatic carbocycles. The van der Waals surface area contributed by atoms with E-state index >= 15 is 0 Å². The summed E-state index contributed by atoms with van der Waals surface area (Å²) >= 11 is 0. The Bertz CT molecular complexity index is 208. The van der Waals surface area contributed by atoms with Crippen molar-refractivity contribution < 1.29 is 19.8 Å². The highest BCUT2D eigenvalue weighted by atomic mass is 16.4. The van der Waals surface area contributed by atoms with Gasteiger partial charge < -0.3 is 21.3 Å². The summed E-state index contributed by atoms with van der Waals surface area (Å²) in [6, 6.07) is -1.02. The van der Waals surface area contributed by atoms with E-state index in [1.54, 1.807) is 6.92 Å². The molecule has 5 N–H and O–H groups in total. The minimum absolute atomic E-state index is 0.140. The second kappa shape index (κ2) is 6.33. The molecule has 0 fully saturated rings. The number of amides is 1. The molecule has 0 aromatic rings. The molecule has 82 valence electrons. The van der Waals surface area contributed by atoms with Gasteiger partial charge in [-0.15, -0.1) is 0 Å². The molecule has 6 heteroatoms. The molecule has 0 spiro atoms. The maximum Gasteiger partial charge on any atom is 0.321 e. The number of carbonyl (C=O) groups excluding carboxylic acids is 1. The van der Waals surface area contributed by atoms with Crippen LogP contribution in [0.3, 0.4) is 0 Å². The largest absolute Gasteiger partial charge is 0.480 e. The number of rotatable bonds is 7. The number of nitrogens with one attached hydrogen (secondary N) is 1. The molecule has 2 atom stereocenters. The highest BCUT2D eigenvalue weighted by Crippen LogP contribution is 1.94. The predicted molar refractivity (Wildman–Crippen MR) is 49.5 cm³/mol. The monoisotopic (exact) mass is 204 g/mol. The highest BCUT2D eigenvalue weighted by Gasteiger charge is 2.19. The molecule has 0 aliphatic carbocycles. The average molecular weight is 204 g/mol. The third kappa shape index (κ3) is 5.50. The minimum Gasteiger partial charge on any atom is -0.480 e. The number of primary amides is 1. The van der Waals surface area contributed by atoms with Crippen LogP contribution in [0, 0.1) is 0 Å². The van der Waals surface area contributed by atoms with Gasteiger partial charge in [0.05, 0.1) is 12.5 Å². The zero-order chi connectivity index (χ0) is 11.1. The smallest absolute Gasteiger partial charge is 0.321 e. The van der Waals surface area contributed by atoms with Crippen LogP contribution in [0.25, 0.3) is 0 Å². The summed E-state index contributed by atoms with van der Waals surface area (Å²) in [5, 5.41) is 20.4. The van der Waals surface area contributed by atoms with Gasteiger partial charge in [0.15, 0.2) is 0 Å². The van der Waals surface area contributed by atoms with Crippen molar-refractivity contribution in [2.75, 3.05) is 6.54 Å². The number of aliphatic hydroxyl groups is 1. The molecular weight excluding hydrogens is 188 g/mol. The first-order valence-corrected chi connectivity index (χ1v) is 4.40. The summed E-state index contributed by atoms with van der Waals surface area (Å²) in [4.78, 5) is 21.1. The Morgan fingerprint density at radius 3 is 2.43 bits per heavy atom. The molecule has 0 saturated carbocycles. The molecular formula is C8H16N2O4. The molecule has 0 aliphatic rings. The van der Waals surface area contributed by atoms with Crippen LogP contribution in [-0.4, -0.2) is 40.8 Å². The van der Waals surface area contributed by atoms with Gasteiger partial charge in [-0.3, -0.25) is 9.59 Å². The number of aliphatic carboxylic acids is 1. The molecule has 0 aromatic heterocycles. The second-order valence-corrected chi connectivity index (χ2v) is 3.03. The number of hydrogen-bond acceptors (Lipinski definition) is 4. The van der Waals surface area contributed by atoms with E-state index < -0.39 is 24.0 Å². The van der Waals surface area contributed by atoms with E-state index in [9.17, 15) is 9.59 Å². The Morgan fingerprint density at radius 1 is 1.50 bits per heavy atom. The number of nitrogens with two attached hydrogens (primary N) is 1. The van der Waals surface area contributed by atoms with Gasteiger partial charge in [0.25, 0.3) is 0 Å². The van der Waals surface area contributed by atoms with Gasteiger partial charge in [0.1, 0.15) is 6.04 Å². The summed E-state index contributed by atoms with van der Waals surface area (Å²) in [7, 11) is 0. The number of aliphatic hydroxyl groups excluding tert-OH is 1. The van der Waals surface area contributed by atoms with Crippen LogP contribution in [0.2, 0.25) is 0 Å². The van der Waals surface area contributed by atoms with E-state index in [0.29, 0.717) is 6.42 Å². The molecule has 0 aliphatic heterocycles. The van der Waals surface area contributed by atoms with Crippen LogP contribution in [0.1, 0.15) is 19.8 Å². The fraction of sp³-hybridized carbons (Fsp3) is 0.750. The zero-order valence-electron chi connectivity index (χ0n) is 8.06. The molecule has 1 amide bonds. The Labute approximate surface area is 82.1 Å². The van der Waals surface area contributed by atoms with Crippen LogP contribution >= 0.6 is 0 Å². The van der Waals surface area contributed by atoms with Crippen molar-refractivity contribution in [1.82, 2.24) is 5.32 Å². The van der Waals surface area contributed by atoms with Crippen molar-refractivity contribution in [2.24, 2.45) is 5.73 Å². The summed E-state index contributed by atoms with van der Waals surface area (Å²) in [5.74, 6) is -1.83. The lowest BCUT2D eigenvalue weighted by Gasteiger charge is -2.14. The van der Waals surface area contributed by atoms with Crippen molar-refractivity contribution in [3.63, 3.8) is 0 Å². The zero-order valence-corrected chi connectivity index (χ0v) is 8.06. The van der Waals surface area contributed by atoms with Gasteiger partial charge in [-0.25, -0.2) is 0 Å². The maximum absolute atomic E-state index is 10.6. The SMILES string of the molecule is CCC(O)CNC(CC(N)=O)C(=O)O. The molecule has 0 heterocycles. The maximum atomic E-state index is 10.6. The van der Waals surface area contributed by atoms with Gasteiger partial charge in [0.2, 0.25) is 5.91 Å². The quantitative estimate of drug-likeness (QED) is 0.410. The van der Waals surface area contributed by atoms with Crippen LogP contribution in [0.4, 0.5) is 0 Å². The van der Waals surface area contributed by atoms with Gasteiger partial charge in [-0.2, -0.15) is 0 Å². The van der Waals surface area contributed by atoms with Gasteiger partial charge >= 0.3 is 5.97 Å². The van der Waals surface area contributed by atoms with Gasteiger partial charge in [-0.05, 0) is 6.42 Å². The van der Waals surface area contributed by atoms with E-state index in [1.165, 1.54) is 0 Å². The Balaban J connectivity index is 3.97. The Morgan fingerprint density at radius 2 is 2.07 bits per heavy atom. The molecule has 2 unspecified atom stereocenters. The first-order chi connectivity index (χ1) is 6.47. The highest BCUT2D eigenvalue weighted by molar-refractivity contribution is 5.83. The average Bonchev–Trinajstić information content (AvgIpc) is 2.10. The van der Waals surface area contributed by atoms with Crippen LogP contribution in [-0.2, 0) is 9.59 Å². The van der Waals surface area contributed by atoms with Crippen molar-refractivity contribution in [2.45, 2.75) is 31.9 Å². The lowest BCUT2D eigenvalue weighted by atomic mass is 10.2. The molecule has 0 saturated heterocycles. The fourth-order valence-electron chi connectivity index (χ4n) is 0.871. The lowest BCUT2D eigenvalue weighted by Crippen LogP contribution is -2.43. The van der Waals surface area contributed by atoms with Crippen molar-refractivity contribution in [3.8, 4) is 0 Å². The van der Waals surface area contributed by atoms with E-state index in [2.05, 4.69) is 5.32 Å².